The van der Waals surface area contributed by atoms with Gasteiger partial charge in [-0.15, -0.1) is 0 Å². The third-order valence-electron chi connectivity index (χ3n) is 4.75. The quantitative estimate of drug-likeness (QED) is 0.670. The maximum atomic E-state index is 13.2. The highest BCUT2D eigenvalue weighted by Gasteiger charge is 2.31. The molecule has 136 valence electrons. The second-order valence-corrected chi connectivity index (χ2v) is 6.83. The third kappa shape index (κ3) is 4.18. The molecule has 4 nitrogen and oxygen atoms in total. The fourth-order valence-electron chi connectivity index (χ4n) is 3.44. The van der Waals surface area contributed by atoms with E-state index in [9.17, 15) is 4.79 Å². The van der Waals surface area contributed by atoms with E-state index in [4.69, 9.17) is 0 Å². The molecule has 0 saturated carbocycles. The fourth-order valence-corrected chi connectivity index (χ4v) is 3.44. The van der Waals surface area contributed by atoms with Crippen LogP contribution in [0.3, 0.4) is 0 Å². The molecule has 1 heterocycles. The number of urea groups is 1. The lowest BCUT2D eigenvalue weighted by molar-refractivity contribution is 0.106. The molecule has 3 aromatic rings. The van der Waals surface area contributed by atoms with Crippen LogP contribution in [0.2, 0.25) is 0 Å². The molecule has 4 rings (SSSR count). The Morgan fingerprint density at radius 1 is 0.630 bits per heavy atom. The van der Waals surface area contributed by atoms with E-state index in [0.717, 1.165) is 17.8 Å². The molecular formula is C23H23N3O. The molecule has 0 unspecified atom stereocenters. The molecule has 1 aliphatic heterocycles. The first-order chi connectivity index (χ1) is 13.3. The highest BCUT2D eigenvalue weighted by molar-refractivity contribution is 5.92. The van der Waals surface area contributed by atoms with Crippen LogP contribution in [0.25, 0.3) is 0 Å². The topological polar surface area (TPSA) is 26.8 Å². The van der Waals surface area contributed by atoms with E-state index in [2.05, 4.69) is 41.3 Å². The summed E-state index contributed by atoms with van der Waals surface area (Å²) < 4.78 is 0. The predicted octanol–water partition coefficient (Wildman–Crippen LogP) is 4.55. The monoisotopic (exact) mass is 357 g/mol. The van der Waals surface area contributed by atoms with E-state index in [1.807, 2.05) is 64.4 Å². The predicted molar refractivity (Wildman–Crippen MR) is 108 cm³/mol. The Kier molecular flexibility index (Phi) is 5.17. The van der Waals surface area contributed by atoms with Gasteiger partial charge in [-0.05, 0) is 23.3 Å². The van der Waals surface area contributed by atoms with Crippen molar-refractivity contribution in [1.29, 1.82) is 0 Å². The molecule has 0 radical (unpaired) electrons. The summed E-state index contributed by atoms with van der Waals surface area (Å²) in [5.41, 5.74) is 3.32. The summed E-state index contributed by atoms with van der Waals surface area (Å²) in [7, 11) is 0. The van der Waals surface area contributed by atoms with Crippen LogP contribution in [0.15, 0.2) is 91.0 Å². The number of nitrogens with zero attached hydrogens (tertiary/aromatic N) is 3. The lowest BCUT2D eigenvalue weighted by atomic mass is 10.2. The minimum atomic E-state index is 0.0503. The van der Waals surface area contributed by atoms with Crippen molar-refractivity contribution in [3.05, 3.63) is 102 Å². The molecule has 27 heavy (non-hydrogen) atoms. The zero-order chi connectivity index (χ0) is 18.5. The maximum Gasteiger partial charge on any atom is 0.326 e. The van der Waals surface area contributed by atoms with Crippen LogP contribution >= 0.6 is 0 Å². The summed E-state index contributed by atoms with van der Waals surface area (Å²) in [6.45, 7) is 2.62. The van der Waals surface area contributed by atoms with Crippen molar-refractivity contribution in [2.45, 2.75) is 13.1 Å². The van der Waals surface area contributed by atoms with E-state index in [1.165, 1.54) is 5.56 Å². The van der Waals surface area contributed by atoms with E-state index < -0.39 is 0 Å². The van der Waals surface area contributed by atoms with Gasteiger partial charge in [-0.3, -0.25) is 9.80 Å². The Labute approximate surface area is 160 Å². The molecule has 0 spiro atoms. The first-order valence-electron chi connectivity index (χ1n) is 9.21. The van der Waals surface area contributed by atoms with Crippen molar-refractivity contribution in [2.75, 3.05) is 18.2 Å². The molecule has 1 aliphatic rings. The van der Waals surface area contributed by atoms with Crippen molar-refractivity contribution in [3.63, 3.8) is 0 Å². The number of amides is 2. The van der Waals surface area contributed by atoms with E-state index in [-0.39, 0.29) is 6.03 Å². The highest BCUT2D eigenvalue weighted by Crippen LogP contribution is 2.22. The van der Waals surface area contributed by atoms with Gasteiger partial charge in [0.15, 0.2) is 0 Å². The van der Waals surface area contributed by atoms with Gasteiger partial charge >= 0.3 is 6.03 Å². The summed E-state index contributed by atoms with van der Waals surface area (Å²) in [5.74, 6) is 0. The Hall–Kier alpha value is -3.11. The van der Waals surface area contributed by atoms with Crippen LogP contribution in [0.1, 0.15) is 11.1 Å². The van der Waals surface area contributed by atoms with Crippen LogP contribution in [0, 0.1) is 0 Å². The molecule has 4 heteroatoms. The first-order valence-corrected chi connectivity index (χ1v) is 9.21. The summed E-state index contributed by atoms with van der Waals surface area (Å²) in [6.07, 6.45) is 0. The van der Waals surface area contributed by atoms with Crippen LogP contribution in [0.4, 0.5) is 10.5 Å². The van der Waals surface area contributed by atoms with Gasteiger partial charge in [0.05, 0.1) is 13.3 Å². The number of para-hydroxylation sites is 1. The van der Waals surface area contributed by atoms with Crippen LogP contribution in [-0.4, -0.2) is 29.2 Å². The average molecular weight is 357 g/mol. The number of carbonyl (C=O) groups is 1. The lowest BCUT2D eigenvalue weighted by Gasteiger charge is -2.42. The molecule has 0 aliphatic carbocycles. The van der Waals surface area contributed by atoms with Gasteiger partial charge in [0.2, 0.25) is 0 Å². The molecule has 3 aromatic carbocycles. The van der Waals surface area contributed by atoms with Gasteiger partial charge in [0, 0.05) is 18.8 Å². The number of carbonyl (C=O) groups excluding carboxylic acids is 1. The van der Waals surface area contributed by atoms with Crippen molar-refractivity contribution < 1.29 is 4.79 Å². The summed E-state index contributed by atoms with van der Waals surface area (Å²) in [4.78, 5) is 19.2. The first kappa shape index (κ1) is 17.3. The number of hydrogen-bond donors (Lipinski definition) is 0. The SMILES string of the molecule is O=C1N(Cc2ccccc2)CN(Cc2ccccc2)CN1c1ccccc1. The standard InChI is InChI=1S/C23H23N3O/c27-23-25(17-21-12-6-2-7-13-21)18-24(16-20-10-4-1-5-11-20)19-26(23)22-14-8-3-9-15-22/h1-15H,16-19H2. The fraction of sp³-hybridized carbons (Fsp3) is 0.174. The van der Waals surface area contributed by atoms with Crippen LogP contribution < -0.4 is 4.90 Å². The minimum Gasteiger partial charge on any atom is -0.307 e. The highest BCUT2D eigenvalue weighted by atomic mass is 16.2. The second kappa shape index (κ2) is 8.06. The Bertz CT molecular complexity index is 868. The largest absolute Gasteiger partial charge is 0.326 e. The van der Waals surface area contributed by atoms with Crippen LogP contribution in [0.5, 0.6) is 0 Å². The average Bonchev–Trinajstić information content (AvgIpc) is 2.72. The van der Waals surface area contributed by atoms with Crippen molar-refractivity contribution in [3.8, 4) is 0 Å². The molecule has 0 atom stereocenters. The molecular weight excluding hydrogens is 334 g/mol. The molecule has 0 N–H and O–H groups in total. The second-order valence-electron chi connectivity index (χ2n) is 6.83. The Balaban J connectivity index is 1.58. The van der Waals surface area contributed by atoms with Gasteiger partial charge in [0.1, 0.15) is 0 Å². The Morgan fingerprint density at radius 3 is 1.74 bits per heavy atom. The zero-order valence-electron chi connectivity index (χ0n) is 15.2. The number of hydrogen-bond acceptors (Lipinski definition) is 2. The summed E-state index contributed by atoms with van der Waals surface area (Å²) >= 11 is 0. The normalized spacial score (nSPS) is 15.2. The number of benzene rings is 3. The Morgan fingerprint density at radius 2 is 1.15 bits per heavy atom. The van der Waals surface area contributed by atoms with E-state index in [1.54, 1.807) is 0 Å². The maximum absolute atomic E-state index is 13.2. The van der Waals surface area contributed by atoms with Gasteiger partial charge in [0.25, 0.3) is 0 Å². The van der Waals surface area contributed by atoms with Crippen molar-refractivity contribution in [1.82, 2.24) is 9.80 Å². The number of rotatable bonds is 5. The minimum absolute atomic E-state index is 0.0503. The number of anilines is 1. The lowest BCUT2D eigenvalue weighted by Crippen LogP contribution is -2.57. The van der Waals surface area contributed by atoms with Gasteiger partial charge in [-0.25, -0.2) is 4.79 Å². The van der Waals surface area contributed by atoms with Crippen molar-refractivity contribution in [2.24, 2.45) is 0 Å². The smallest absolute Gasteiger partial charge is 0.307 e. The molecule has 1 fully saturated rings. The van der Waals surface area contributed by atoms with Gasteiger partial charge < -0.3 is 4.90 Å². The molecule has 1 saturated heterocycles. The van der Waals surface area contributed by atoms with Crippen LogP contribution in [-0.2, 0) is 13.1 Å². The van der Waals surface area contributed by atoms with E-state index in [0.29, 0.717) is 19.9 Å². The summed E-state index contributed by atoms with van der Waals surface area (Å²) in [6, 6.07) is 30.5. The zero-order valence-corrected chi connectivity index (χ0v) is 15.2. The molecule has 0 bridgehead atoms. The van der Waals surface area contributed by atoms with E-state index >= 15 is 0 Å². The van der Waals surface area contributed by atoms with Crippen molar-refractivity contribution >= 4 is 11.7 Å². The molecule has 2 amide bonds. The molecule has 0 aromatic heterocycles. The van der Waals surface area contributed by atoms with Gasteiger partial charge in [-0.2, -0.15) is 0 Å². The van der Waals surface area contributed by atoms with Gasteiger partial charge in [-0.1, -0.05) is 78.9 Å². The third-order valence-corrected chi connectivity index (χ3v) is 4.75. The summed E-state index contributed by atoms with van der Waals surface area (Å²) in [5, 5.41) is 0.